The first-order valence-electron chi connectivity index (χ1n) is 6.33. The van der Waals surface area contributed by atoms with E-state index in [4.69, 9.17) is 10.5 Å². The van der Waals surface area contributed by atoms with Gasteiger partial charge in [0.25, 0.3) is 0 Å². The van der Waals surface area contributed by atoms with E-state index in [0.717, 1.165) is 31.7 Å². The van der Waals surface area contributed by atoms with Crippen molar-refractivity contribution in [2.45, 2.75) is 32.2 Å². The van der Waals surface area contributed by atoms with E-state index in [1.54, 1.807) is 0 Å². The fourth-order valence-corrected chi connectivity index (χ4v) is 2.87. The summed E-state index contributed by atoms with van der Waals surface area (Å²) < 4.78 is 5.41. The van der Waals surface area contributed by atoms with E-state index in [-0.39, 0.29) is 0 Å². The SMILES string of the molecule is CC1CCN(C2CCOCC2)CC1CN. The fraction of sp³-hybridized carbons (Fsp3) is 1.00. The smallest absolute Gasteiger partial charge is 0.0480 e. The topological polar surface area (TPSA) is 38.5 Å². The van der Waals surface area contributed by atoms with E-state index in [2.05, 4.69) is 11.8 Å². The number of nitrogens with two attached hydrogens (primary N) is 1. The second kappa shape index (κ2) is 5.28. The van der Waals surface area contributed by atoms with Gasteiger partial charge in [0.05, 0.1) is 0 Å². The summed E-state index contributed by atoms with van der Waals surface area (Å²) in [5.41, 5.74) is 5.83. The van der Waals surface area contributed by atoms with Crippen molar-refractivity contribution in [1.29, 1.82) is 0 Å². The molecule has 2 aliphatic heterocycles. The summed E-state index contributed by atoms with van der Waals surface area (Å²) in [5, 5.41) is 0. The van der Waals surface area contributed by atoms with Gasteiger partial charge < -0.3 is 10.5 Å². The minimum atomic E-state index is 0.710. The van der Waals surface area contributed by atoms with Crippen molar-refractivity contribution in [3.8, 4) is 0 Å². The molecule has 2 aliphatic rings. The number of nitrogens with zero attached hydrogens (tertiary/aromatic N) is 1. The van der Waals surface area contributed by atoms with Crippen LogP contribution >= 0.6 is 0 Å². The van der Waals surface area contributed by atoms with Gasteiger partial charge in [0.1, 0.15) is 0 Å². The second-order valence-corrected chi connectivity index (χ2v) is 5.10. The zero-order chi connectivity index (χ0) is 10.7. The highest BCUT2D eigenvalue weighted by Gasteiger charge is 2.30. The van der Waals surface area contributed by atoms with Gasteiger partial charge in [-0.05, 0) is 44.2 Å². The van der Waals surface area contributed by atoms with Crippen LogP contribution in [0.1, 0.15) is 26.2 Å². The molecule has 0 radical (unpaired) electrons. The number of hydrogen-bond acceptors (Lipinski definition) is 3. The predicted molar refractivity (Wildman–Crippen MR) is 61.7 cm³/mol. The third-order valence-electron chi connectivity index (χ3n) is 4.16. The standard InChI is InChI=1S/C12H24N2O/c1-10-2-5-14(9-11(10)8-13)12-3-6-15-7-4-12/h10-12H,2-9,13H2,1H3. The van der Waals surface area contributed by atoms with Crippen molar-refractivity contribution in [3.63, 3.8) is 0 Å². The molecule has 2 saturated heterocycles. The maximum absolute atomic E-state index is 5.83. The van der Waals surface area contributed by atoms with Gasteiger partial charge in [-0.15, -0.1) is 0 Å². The van der Waals surface area contributed by atoms with E-state index < -0.39 is 0 Å². The van der Waals surface area contributed by atoms with Gasteiger partial charge in [0.2, 0.25) is 0 Å². The Labute approximate surface area is 93.0 Å². The van der Waals surface area contributed by atoms with Crippen molar-refractivity contribution < 1.29 is 4.74 Å². The van der Waals surface area contributed by atoms with E-state index in [0.29, 0.717) is 5.92 Å². The van der Waals surface area contributed by atoms with Gasteiger partial charge in [0, 0.05) is 25.8 Å². The third kappa shape index (κ3) is 2.71. The van der Waals surface area contributed by atoms with E-state index >= 15 is 0 Å². The van der Waals surface area contributed by atoms with E-state index in [9.17, 15) is 0 Å². The van der Waals surface area contributed by atoms with Crippen molar-refractivity contribution in [1.82, 2.24) is 4.90 Å². The molecule has 0 aromatic heterocycles. The van der Waals surface area contributed by atoms with Gasteiger partial charge >= 0.3 is 0 Å². The Morgan fingerprint density at radius 1 is 1.27 bits per heavy atom. The molecule has 0 amide bonds. The predicted octanol–water partition coefficient (Wildman–Crippen LogP) is 1.08. The molecule has 0 aromatic carbocycles. The molecule has 88 valence electrons. The van der Waals surface area contributed by atoms with Crippen LogP contribution in [-0.4, -0.2) is 43.8 Å². The molecule has 2 N–H and O–H groups in total. The number of rotatable bonds is 2. The lowest BCUT2D eigenvalue weighted by molar-refractivity contribution is 0.00920. The Balaban J connectivity index is 1.87. The van der Waals surface area contributed by atoms with Gasteiger partial charge in [-0.25, -0.2) is 0 Å². The van der Waals surface area contributed by atoms with Crippen LogP contribution < -0.4 is 5.73 Å². The summed E-state index contributed by atoms with van der Waals surface area (Å²) >= 11 is 0. The van der Waals surface area contributed by atoms with Gasteiger partial charge in [-0.2, -0.15) is 0 Å². The highest BCUT2D eigenvalue weighted by molar-refractivity contribution is 4.83. The van der Waals surface area contributed by atoms with Crippen LogP contribution in [0.25, 0.3) is 0 Å². The summed E-state index contributed by atoms with van der Waals surface area (Å²) in [6.45, 7) is 7.57. The monoisotopic (exact) mass is 212 g/mol. The minimum absolute atomic E-state index is 0.710. The molecule has 2 atom stereocenters. The zero-order valence-electron chi connectivity index (χ0n) is 9.82. The first-order chi connectivity index (χ1) is 7.31. The van der Waals surface area contributed by atoms with Gasteiger partial charge in [0.15, 0.2) is 0 Å². The molecule has 2 heterocycles. The summed E-state index contributed by atoms with van der Waals surface area (Å²) in [4.78, 5) is 2.65. The maximum atomic E-state index is 5.83. The summed E-state index contributed by atoms with van der Waals surface area (Å²) in [6.07, 6.45) is 3.75. The molecule has 15 heavy (non-hydrogen) atoms. The normalized spacial score (nSPS) is 35.6. The van der Waals surface area contributed by atoms with Crippen molar-refractivity contribution in [2.24, 2.45) is 17.6 Å². The molecule has 0 aromatic rings. The average Bonchev–Trinajstić information content (AvgIpc) is 2.31. The lowest BCUT2D eigenvalue weighted by Crippen LogP contribution is -2.49. The van der Waals surface area contributed by atoms with Crippen LogP contribution in [0.2, 0.25) is 0 Å². The first-order valence-corrected chi connectivity index (χ1v) is 6.33. The van der Waals surface area contributed by atoms with Crippen LogP contribution in [0.15, 0.2) is 0 Å². The minimum Gasteiger partial charge on any atom is -0.381 e. The summed E-state index contributed by atoms with van der Waals surface area (Å²) in [5.74, 6) is 1.52. The van der Waals surface area contributed by atoms with Crippen molar-refractivity contribution in [2.75, 3.05) is 32.8 Å². The highest BCUT2D eigenvalue weighted by atomic mass is 16.5. The van der Waals surface area contributed by atoms with Crippen LogP contribution in [0, 0.1) is 11.8 Å². The summed E-state index contributed by atoms with van der Waals surface area (Å²) in [7, 11) is 0. The molecule has 2 unspecified atom stereocenters. The highest BCUT2D eigenvalue weighted by Crippen LogP contribution is 2.26. The molecule has 2 rings (SSSR count). The third-order valence-corrected chi connectivity index (χ3v) is 4.16. The van der Waals surface area contributed by atoms with Crippen LogP contribution in [-0.2, 0) is 4.74 Å². The lowest BCUT2D eigenvalue weighted by Gasteiger charge is -2.42. The molecule has 0 spiro atoms. The van der Waals surface area contributed by atoms with E-state index in [1.165, 1.54) is 32.4 Å². The van der Waals surface area contributed by atoms with Crippen LogP contribution in [0.5, 0.6) is 0 Å². The molecule has 0 bridgehead atoms. The number of hydrogen-bond donors (Lipinski definition) is 1. The molecule has 3 nitrogen and oxygen atoms in total. The molecule has 2 fully saturated rings. The van der Waals surface area contributed by atoms with Gasteiger partial charge in [-0.1, -0.05) is 6.92 Å². The fourth-order valence-electron chi connectivity index (χ4n) is 2.87. The van der Waals surface area contributed by atoms with Crippen molar-refractivity contribution >= 4 is 0 Å². The first kappa shape index (κ1) is 11.4. The molecule has 3 heteroatoms. The van der Waals surface area contributed by atoms with Gasteiger partial charge in [-0.3, -0.25) is 4.90 Å². The Hall–Kier alpha value is -0.120. The number of ether oxygens (including phenoxy) is 1. The van der Waals surface area contributed by atoms with E-state index in [1.807, 2.05) is 0 Å². The van der Waals surface area contributed by atoms with Crippen LogP contribution in [0.4, 0.5) is 0 Å². The molecular formula is C12H24N2O. The van der Waals surface area contributed by atoms with Crippen molar-refractivity contribution in [3.05, 3.63) is 0 Å². The average molecular weight is 212 g/mol. The zero-order valence-corrected chi connectivity index (χ0v) is 9.82. The Kier molecular flexibility index (Phi) is 4.00. The number of likely N-dealkylation sites (tertiary alicyclic amines) is 1. The Bertz CT molecular complexity index is 192. The number of piperidine rings is 1. The Morgan fingerprint density at radius 3 is 2.67 bits per heavy atom. The second-order valence-electron chi connectivity index (χ2n) is 5.10. The quantitative estimate of drug-likeness (QED) is 0.744. The molecule has 0 saturated carbocycles. The molecule has 0 aliphatic carbocycles. The maximum Gasteiger partial charge on any atom is 0.0480 e. The molecular weight excluding hydrogens is 188 g/mol. The van der Waals surface area contributed by atoms with Crippen LogP contribution in [0.3, 0.4) is 0 Å². The largest absolute Gasteiger partial charge is 0.381 e. The summed E-state index contributed by atoms with van der Waals surface area (Å²) in [6, 6.07) is 0.764. The lowest BCUT2D eigenvalue weighted by atomic mass is 9.86. The Morgan fingerprint density at radius 2 is 2.00 bits per heavy atom.